The number of benzene rings is 1. The number of halogens is 2. The van der Waals surface area contributed by atoms with Gasteiger partial charge in [0.05, 0.1) is 13.0 Å². The highest BCUT2D eigenvalue weighted by Crippen LogP contribution is 2.22. The van der Waals surface area contributed by atoms with Gasteiger partial charge in [0.2, 0.25) is 0 Å². The number of ether oxygens (including phenoxy) is 1. The van der Waals surface area contributed by atoms with Gasteiger partial charge in [-0.25, -0.2) is 0 Å². The van der Waals surface area contributed by atoms with E-state index in [1.54, 1.807) is 13.0 Å². The molecule has 0 spiro atoms. The smallest absolute Gasteiger partial charge is 0.306 e. The van der Waals surface area contributed by atoms with Gasteiger partial charge < -0.3 is 4.74 Å². The van der Waals surface area contributed by atoms with Crippen molar-refractivity contribution in [3.8, 4) is 0 Å². The summed E-state index contributed by atoms with van der Waals surface area (Å²) in [6.45, 7) is 2.09. The molecule has 3 nitrogen and oxygen atoms in total. The quantitative estimate of drug-likeness (QED) is 0.702. The zero-order chi connectivity index (χ0) is 14.3. The monoisotopic (exact) mass is 346 g/mol. The van der Waals surface area contributed by atoms with Crippen molar-refractivity contribution in [3.63, 3.8) is 0 Å². The van der Waals surface area contributed by atoms with E-state index in [9.17, 15) is 9.59 Å². The van der Waals surface area contributed by atoms with Crippen molar-refractivity contribution >= 4 is 39.3 Å². The van der Waals surface area contributed by atoms with Crippen LogP contribution in [-0.2, 0) is 20.7 Å². The Labute approximate surface area is 126 Å². The fourth-order valence-electron chi connectivity index (χ4n) is 1.60. The molecule has 0 radical (unpaired) electrons. The minimum absolute atomic E-state index is 0.0482. The van der Waals surface area contributed by atoms with Crippen LogP contribution in [0.15, 0.2) is 22.7 Å². The van der Waals surface area contributed by atoms with E-state index in [1.165, 1.54) is 0 Å². The first-order chi connectivity index (χ1) is 9.02. The summed E-state index contributed by atoms with van der Waals surface area (Å²) in [5.41, 5.74) is 0.939. The van der Waals surface area contributed by atoms with Crippen LogP contribution in [-0.4, -0.2) is 18.4 Å². The van der Waals surface area contributed by atoms with Crippen molar-refractivity contribution in [2.45, 2.75) is 32.6 Å². The van der Waals surface area contributed by atoms with E-state index in [0.29, 0.717) is 24.5 Å². The molecule has 0 atom stereocenters. The van der Waals surface area contributed by atoms with Crippen molar-refractivity contribution in [2.75, 3.05) is 6.61 Å². The van der Waals surface area contributed by atoms with Crippen molar-refractivity contribution in [3.05, 3.63) is 33.3 Å². The molecule has 0 N–H and O–H groups in total. The average Bonchev–Trinajstić information content (AvgIpc) is 2.35. The molecule has 0 saturated carbocycles. The van der Waals surface area contributed by atoms with Gasteiger partial charge in [0.25, 0.3) is 0 Å². The van der Waals surface area contributed by atoms with E-state index in [-0.39, 0.29) is 24.6 Å². The molecule has 1 aromatic carbocycles. The molecule has 5 heteroatoms. The van der Waals surface area contributed by atoms with E-state index in [1.807, 2.05) is 12.1 Å². The lowest BCUT2D eigenvalue weighted by molar-refractivity contribution is -0.144. The lowest BCUT2D eigenvalue weighted by Crippen LogP contribution is -2.08. The average molecular weight is 348 g/mol. The molecule has 0 aliphatic carbocycles. The van der Waals surface area contributed by atoms with Crippen LogP contribution in [0.4, 0.5) is 0 Å². The fourth-order valence-corrected chi connectivity index (χ4v) is 2.37. The fraction of sp³-hybridized carbons (Fsp3) is 0.429. The number of ketones is 1. The first-order valence-electron chi connectivity index (χ1n) is 6.14. The van der Waals surface area contributed by atoms with Crippen molar-refractivity contribution in [1.82, 2.24) is 0 Å². The topological polar surface area (TPSA) is 43.4 Å². The highest BCUT2D eigenvalue weighted by Gasteiger charge is 2.09. The van der Waals surface area contributed by atoms with E-state index in [0.717, 1.165) is 10.0 Å². The zero-order valence-corrected chi connectivity index (χ0v) is 13.1. The Bertz CT molecular complexity index is 460. The molecule has 0 amide bonds. The van der Waals surface area contributed by atoms with Gasteiger partial charge in [-0.05, 0) is 31.0 Å². The van der Waals surface area contributed by atoms with Gasteiger partial charge in [0.1, 0.15) is 5.78 Å². The molecular weight excluding hydrogens is 332 g/mol. The van der Waals surface area contributed by atoms with Gasteiger partial charge in [-0.1, -0.05) is 33.6 Å². The van der Waals surface area contributed by atoms with Crippen molar-refractivity contribution in [1.29, 1.82) is 0 Å². The van der Waals surface area contributed by atoms with Gasteiger partial charge in [-0.15, -0.1) is 0 Å². The molecule has 0 heterocycles. The van der Waals surface area contributed by atoms with E-state index in [2.05, 4.69) is 15.9 Å². The van der Waals surface area contributed by atoms with E-state index in [4.69, 9.17) is 16.3 Å². The highest BCUT2D eigenvalue weighted by molar-refractivity contribution is 9.10. The molecular formula is C14H16BrClO3. The lowest BCUT2D eigenvalue weighted by atomic mass is 10.1. The molecule has 0 unspecified atom stereocenters. The summed E-state index contributed by atoms with van der Waals surface area (Å²) in [7, 11) is 0. The van der Waals surface area contributed by atoms with Crippen LogP contribution < -0.4 is 0 Å². The summed E-state index contributed by atoms with van der Waals surface area (Å²) in [4.78, 5) is 22.8. The van der Waals surface area contributed by atoms with Gasteiger partial charge in [0.15, 0.2) is 0 Å². The van der Waals surface area contributed by atoms with Crippen LogP contribution in [0, 0.1) is 0 Å². The Balaban J connectivity index is 2.36. The summed E-state index contributed by atoms with van der Waals surface area (Å²) in [5, 5.41) is 0.646. The molecule has 0 bridgehead atoms. The normalized spacial score (nSPS) is 10.3. The second-order valence-corrected chi connectivity index (χ2v) is 5.40. The number of rotatable bonds is 7. The second kappa shape index (κ2) is 8.33. The molecule has 0 saturated heterocycles. The van der Waals surface area contributed by atoms with Gasteiger partial charge >= 0.3 is 5.97 Å². The predicted molar refractivity (Wildman–Crippen MR) is 78.3 cm³/mol. The van der Waals surface area contributed by atoms with E-state index < -0.39 is 0 Å². The number of carbonyl (C=O) groups is 2. The third-order valence-electron chi connectivity index (χ3n) is 2.60. The molecule has 0 aliphatic rings. The maximum absolute atomic E-state index is 11.6. The van der Waals surface area contributed by atoms with Crippen molar-refractivity contribution < 1.29 is 14.3 Å². The summed E-state index contributed by atoms with van der Waals surface area (Å²) < 4.78 is 5.68. The van der Waals surface area contributed by atoms with Crippen molar-refractivity contribution in [2.24, 2.45) is 0 Å². The Kier molecular flexibility index (Phi) is 7.10. The van der Waals surface area contributed by atoms with Crippen LogP contribution >= 0.6 is 27.5 Å². The first kappa shape index (κ1) is 16.2. The minimum Gasteiger partial charge on any atom is -0.466 e. The van der Waals surface area contributed by atoms with Crippen LogP contribution in [0.5, 0.6) is 0 Å². The van der Waals surface area contributed by atoms with Gasteiger partial charge in [0, 0.05) is 22.3 Å². The van der Waals surface area contributed by atoms with E-state index >= 15 is 0 Å². The maximum Gasteiger partial charge on any atom is 0.306 e. The third-order valence-corrected chi connectivity index (χ3v) is 3.45. The standard InChI is InChI=1S/C14H16BrClO3/c1-2-19-14(18)8-7-12(17)6-4-10-3-5-11(15)9-13(10)16/h3,5,9H,2,4,6-8H2,1H3. The Morgan fingerprint density at radius 3 is 2.63 bits per heavy atom. The summed E-state index contributed by atoms with van der Waals surface area (Å²) in [6, 6.07) is 5.59. The molecule has 1 aromatic rings. The van der Waals surface area contributed by atoms with Crippen LogP contribution in [0.1, 0.15) is 31.7 Å². The number of hydrogen-bond acceptors (Lipinski definition) is 3. The summed E-state index contributed by atoms with van der Waals surface area (Å²) in [5.74, 6) is -0.274. The second-order valence-electron chi connectivity index (χ2n) is 4.08. The number of Topliss-reactive ketones (excluding diaryl/α,β-unsaturated/α-hetero) is 1. The lowest BCUT2D eigenvalue weighted by Gasteiger charge is -2.05. The first-order valence-corrected chi connectivity index (χ1v) is 7.31. The molecule has 0 fully saturated rings. The molecule has 0 aromatic heterocycles. The Morgan fingerprint density at radius 2 is 2.00 bits per heavy atom. The number of hydrogen-bond donors (Lipinski definition) is 0. The molecule has 1 rings (SSSR count). The Hall–Kier alpha value is -0.870. The third kappa shape index (κ3) is 6.21. The van der Waals surface area contributed by atoms with Crippen LogP contribution in [0.3, 0.4) is 0 Å². The number of aryl methyl sites for hydroxylation is 1. The predicted octanol–water partition coefficient (Wildman–Crippen LogP) is 3.95. The Morgan fingerprint density at radius 1 is 1.26 bits per heavy atom. The highest BCUT2D eigenvalue weighted by atomic mass is 79.9. The van der Waals surface area contributed by atoms with Crippen LogP contribution in [0.25, 0.3) is 0 Å². The summed E-state index contributed by atoms with van der Waals surface area (Å²) >= 11 is 9.40. The van der Waals surface area contributed by atoms with Gasteiger partial charge in [-0.2, -0.15) is 0 Å². The summed E-state index contributed by atoms with van der Waals surface area (Å²) in [6.07, 6.45) is 1.36. The zero-order valence-electron chi connectivity index (χ0n) is 10.7. The van der Waals surface area contributed by atoms with Gasteiger partial charge in [-0.3, -0.25) is 9.59 Å². The largest absolute Gasteiger partial charge is 0.466 e. The minimum atomic E-state index is -0.322. The number of carbonyl (C=O) groups excluding carboxylic acids is 2. The molecule has 104 valence electrons. The molecule has 0 aliphatic heterocycles. The molecule has 19 heavy (non-hydrogen) atoms. The van der Waals surface area contributed by atoms with Crippen LogP contribution in [0.2, 0.25) is 5.02 Å². The number of esters is 1. The SMILES string of the molecule is CCOC(=O)CCC(=O)CCc1ccc(Br)cc1Cl. The maximum atomic E-state index is 11.6.